The van der Waals surface area contributed by atoms with Gasteiger partial charge in [-0.05, 0) is 30.0 Å². The first-order valence-electron chi connectivity index (χ1n) is 8.55. The van der Waals surface area contributed by atoms with Gasteiger partial charge in [-0.2, -0.15) is 0 Å². The molecule has 0 saturated carbocycles. The van der Waals surface area contributed by atoms with Crippen molar-refractivity contribution in [3.63, 3.8) is 0 Å². The fraction of sp³-hybridized carbons (Fsp3) is 0.350. The number of aryl methyl sites for hydroxylation is 1. The second kappa shape index (κ2) is 8.99. The smallest absolute Gasteiger partial charge is 0.252 e. The Kier molecular flexibility index (Phi) is 6.72. The number of methoxy groups -OCH3 is 1. The Labute approximate surface area is 154 Å². The molecule has 138 valence electrons. The van der Waals surface area contributed by atoms with Crippen LogP contribution in [0.2, 0.25) is 0 Å². The zero-order valence-electron chi connectivity index (χ0n) is 15.6. The maximum absolute atomic E-state index is 12.6. The van der Waals surface area contributed by atoms with E-state index in [4.69, 9.17) is 4.74 Å². The van der Waals surface area contributed by atoms with Gasteiger partial charge in [-0.25, -0.2) is 4.98 Å². The maximum atomic E-state index is 12.6. The lowest BCUT2D eigenvalue weighted by molar-refractivity contribution is -0.124. The number of hydrogen-bond donors (Lipinski definition) is 2. The minimum absolute atomic E-state index is 0.0445. The van der Waals surface area contributed by atoms with Gasteiger partial charge in [0.25, 0.3) is 5.91 Å². The number of rotatable bonds is 7. The summed E-state index contributed by atoms with van der Waals surface area (Å²) in [6.07, 6.45) is 1.65. The van der Waals surface area contributed by atoms with Gasteiger partial charge in [0.05, 0.1) is 7.11 Å². The summed E-state index contributed by atoms with van der Waals surface area (Å²) < 4.78 is 5.01. The van der Waals surface area contributed by atoms with E-state index in [2.05, 4.69) is 15.6 Å². The van der Waals surface area contributed by atoms with Gasteiger partial charge >= 0.3 is 0 Å². The van der Waals surface area contributed by atoms with Crippen LogP contribution in [0, 0.1) is 12.8 Å². The van der Waals surface area contributed by atoms with Crippen molar-refractivity contribution in [3.05, 3.63) is 59.3 Å². The molecule has 2 aromatic rings. The van der Waals surface area contributed by atoms with Gasteiger partial charge in [-0.15, -0.1) is 0 Å². The molecule has 2 amide bonds. The molecule has 1 unspecified atom stereocenters. The Morgan fingerprint density at radius 1 is 1.15 bits per heavy atom. The van der Waals surface area contributed by atoms with Gasteiger partial charge in [0.15, 0.2) is 0 Å². The number of aromatic nitrogens is 1. The minimum atomic E-state index is -0.617. The van der Waals surface area contributed by atoms with Crippen LogP contribution in [0.5, 0.6) is 5.88 Å². The Bertz CT molecular complexity index is 757. The zero-order valence-corrected chi connectivity index (χ0v) is 15.6. The fourth-order valence-corrected chi connectivity index (χ4v) is 2.52. The minimum Gasteiger partial charge on any atom is -0.481 e. The largest absolute Gasteiger partial charge is 0.481 e. The van der Waals surface area contributed by atoms with Gasteiger partial charge in [0, 0.05) is 24.4 Å². The lowest BCUT2D eigenvalue weighted by Crippen LogP contribution is -2.49. The molecule has 0 aliphatic rings. The van der Waals surface area contributed by atoms with Crippen molar-refractivity contribution in [3.8, 4) is 5.88 Å². The quantitative estimate of drug-likeness (QED) is 0.799. The zero-order chi connectivity index (χ0) is 19.1. The predicted octanol–water partition coefficient (Wildman–Crippen LogP) is 2.47. The van der Waals surface area contributed by atoms with E-state index >= 15 is 0 Å². The summed E-state index contributed by atoms with van der Waals surface area (Å²) in [5, 5.41) is 5.70. The van der Waals surface area contributed by atoms with E-state index in [1.54, 1.807) is 25.4 Å². The van der Waals surface area contributed by atoms with Crippen molar-refractivity contribution in [1.29, 1.82) is 0 Å². The van der Waals surface area contributed by atoms with Crippen LogP contribution in [-0.2, 0) is 11.3 Å². The molecule has 1 atom stereocenters. The summed E-state index contributed by atoms with van der Waals surface area (Å²) >= 11 is 0. The van der Waals surface area contributed by atoms with Gasteiger partial charge < -0.3 is 15.4 Å². The summed E-state index contributed by atoms with van der Waals surface area (Å²) in [6.45, 7) is 6.00. The predicted molar refractivity (Wildman–Crippen MR) is 99.9 cm³/mol. The van der Waals surface area contributed by atoms with Crippen LogP contribution in [0.1, 0.15) is 35.3 Å². The van der Waals surface area contributed by atoms with Gasteiger partial charge in [-0.3, -0.25) is 9.59 Å². The highest BCUT2D eigenvalue weighted by molar-refractivity contribution is 5.98. The first-order chi connectivity index (χ1) is 12.4. The average molecular weight is 355 g/mol. The molecule has 1 heterocycles. The van der Waals surface area contributed by atoms with Crippen LogP contribution in [0.15, 0.2) is 42.6 Å². The normalized spacial score (nSPS) is 11.7. The second-order valence-electron chi connectivity index (χ2n) is 6.44. The Morgan fingerprint density at radius 3 is 2.46 bits per heavy atom. The van der Waals surface area contributed by atoms with Crippen LogP contribution < -0.4 is 15.4 Å². The molecule has 0 spiro atoms. The Morgan fingerprint density at radius 2 is 1.88 bits per heavy atom. The van der Waals surface area contributed by atoms with Crippen molar-refractivity contribution in [2.45, 2.75) is 33.4 Å². The third-order valence-electron chi connectivity index (χ3n) is 4.10. The number of benzene rings is 1. The summed E-state index contributed by atoms with van der Waals surface area (Å²) in [5.74, 6) is 0.00315. The van der Waals surface area contributed by atoms with Crippen LogP contribution in [0.4, 0.5) is 0 Å². The fourth-order valence-electron chi connectivity index (χ4n) is 2.52. The third-order valence-corrected chi connectivity index (χ3v) is 4.10. The number of ether oxygens (including phenoxy) is 1. The SMILES string of the molecule is COc1ccc(CNC(=O)C(NC(=O)c2ccccc2C)C(C)C)cn1. The molecule has 1 aromatic carbocycles. The second-order valence-corrected chi connectivity index (χ2v) is 6.44. The molecule has 0 fully saturated rings. The highest BCUT2D eigenvalue weighted by atomic mass is 16.5. The molecule has 6 heteroatoms. The number of hydrogen-bond acceptors (Lipinski definition) is 4. The number of nitrogens with one attached hydrogen (secondary N) is 2. The first kappa shape index (κ1) is 19.4. The summed E-state index contributed by atoms with van der Waals surface area (Å²) in [4.78, 5) is 29.2. The molecular weight excluding hydrogens is 330 g/mol. The van der Waals surface area contributed by atoms with Crippen LogP contribution in [0.3, 0.4) is 0 Å². The molecule has 6 nitrogen and oxygen atoms in total. The van der Waals surface area contributed by atoms with E-state index in [-0.39, 0.29) is 17.7 Å². The van der Waals surface area contributed by atoms with Crippen LogP contribution >= 0.6 is 0 Å². The van der Waals surface area contributed by atoms with E-state index in [0.717, 1.165) is 11.1 Å². The molecular formula is C20H25N3O3. The van der Waals surface area contributed by atoms with Crippen molar-refractivity contribution in [2.75, 3.05) is 7.11 Å². The van der Waals surface area contributed by atoms with Crippen molar-refractivity contribution >= 4 is 11.8 Å². The van der Waals surface area contributed by atoms with Crippen molar-refractivity contribution in [2.24, 2.45) is 5.92 Å². The highest BCUT2D eigenvalue weighted by Gasteiger charge is 2.24. The maximum Gasteiger partial charge on any atom is 0.252 e. The third kappa shape index (κ3) is 5.05. The van der Waals surface area contributed by atoms with Crippen molar-refractivity contribution in [1.82, 2.24) is 15.6 Å². The molecule has 2 N–H and O–H groups in total. The molecule has 2 rings (SSSR count). The van der Waals surface area contributed by atoms with E-state index < -0.39 is 6.04 Å². The van der Waals surface area contributed by atoms with E-state index in [1.165, 1.54) is 0 Å². The van der Waals surface area contributed by atoms with E-state index in [0.29, 0.717) is 18.0 Å². The van der Waals surface area contributed by atoms with Crippen LogP contribution in [0.25, 0.3) is 0 Å². The van der Waals surface area contributed by atoms with Crippen LogP contribution in [-0.4, -0.2) is 29.9 Å². The van der Waals surface area contributed by atoms with Gasteiger partial charge in [0.1, 0.15) is 6.04 Å². The molecule has 0 bridgehead atoms. The summed E-state index contributed by atoms with van der Waals surface area (Å²) in [7, 11) is 1.55. The molecule has 0 saturated heterocycles. The topological polar surface area (TPSA) is 80.3 Å². The monoisotopic (exact) mass is 355 g/mol. The molecule has 1 aromatic heterocycles. The molecule has 0 aliphatic carbocycles. The number of carbonyl (C=O) groups excluding carboxylic acids is 2. The Hall–Kier alpha value is -2.89. The molecule has 26 heavy (non-hydrogen) atoms. The summed E-state index contributed by atoms with van der Waals surface area (Å²) in [5.41, 5.74) is 2.30. The lowest BCUT2D eigenvalue weighted by atomic mass is 10.0. The molecule has 0 radical (unpaired) electrons. The Balaban J connectivity index is 2.00. The lowest BCUT2D eigenvalue weighted by Gasteiger charge is -2.22. The number of amides is 2. The number of carbonyl (C=O) groups is 2. The van der Waals surface area contributed by atoms with E-state index in [1.807, 2.05) is 45.0 Å². The highest BCUT2D eigenvalue weighted by Crippen LogP contribution is 2.10. The average Bonchev–Trinajstić information content (AvgIpc) is 2.64. The van der Waals surface area contributed by atoms with Gasteiger partial charge in [-0.1, -0.05) is 38.1 Å². The summed E-state index contributed by atoms with van der Waals surface area (Å²) in [6, 6.07) is 10.3. The number of nitrogens with zero attached hydrogens (tertiary/aromatic N) is 1. The van der Waals surface area contributed by atoms with Gasteiger partial charge in [0.2, 0.25) is 11.8 Å². The molecule has 0 aliphatic heterocycles. The van der Waals surface area contributed by atoms with E-state index in [9.17, 15) is 9.59 Å². The van der Waals surface area contributed by atoms with Crippen molar-refractivity contribution < 1.29 is 14.3 Å². The number of pyridine rings is 1. The standard InChI is InChI=1S/C20H25N3O3/c1-13(2)18(23-19(24)16-8-6-5-7-14(16)3)20(25)22-12-15-9-10-17(26-4)21-11-15/h5-11,13,18H,12H2,1-4H3,(H,22,25)(H,23,24). The first-order valence-corrected chi connectivity index (χ1v) is 8.55.